The minimum absolute atomic E-state index is 0.190. The van der Waals surface area contributed by atoms with E-state index in [1.54, 1.807) is 28.8 Å². The zero-order valence-electron chi connectivity index (χ0n) is 15.3. The fourth-order valence-electron chi connectivity index (χ4n) is 3.13. The predicted molar refractivity (Wildman–Crippen MR) is 105 cm³/mol. The molecule has 0 fully saturated rings. The number of anilines is 1. The normalized spacial score (nSPS) is 16.6. The number of aryl methyl sites for hydroxylation is 2. The Balaban J connectivity index is 1.71. The van der Waals surface area contributed by atoms with E-state index in [4.69, 9.17) is 4.74 Å². The van der Waals surface area contributed by atoms with Crippen molar-refractivity contribution in [3.05, 3.63) is 59.2 Å². The van der Waals surface area contributed by atoms with E-state index in [9.17, 15) is 9.59 Å². The number of carbonyl (C=O) groups excluding carboxylic acids is 2. The highest BCUT2D eigenvalue weighted by Crippen LogP contribution is 2.37. The number of amides is 1. The Morgan fingerprint density at radius 2 is 1.85 bits per heavy atom. The molecule has 2 aromatic rings. The van der Waals surface area contributed by atoms with Crippen LogP contribution in [0, 0.1) is 13.8 Å². The van der Waals surface area contributed by atoms with Crippen molar-refractivity contribution < 1.29 is 14.3 Å². The topological polar surface area (TPSA) is 46.6 Å². The van der Waals surface area contributed by atoms with Gasteiger partial charge in [-0.25, -0.2) is 4.79 Å². The average molecular weight is 369 g/mol. The molecule has 0 saturated heterocycles. The fraction of sp³-hybridized carbons (Fsp3) is 0.333. The third kappa shape index (κ3) is 4.28. The fourth-order valence-corrected chi connectivity index (χ4v) is 4.24. The molecule has 0 N–H and O–H groups in total. The van der Waals surface area contributed by atoms with Crippen molar-refractivity contribution in [1.29, 1.82) is 0 Å². The third-order valence-corrected chi connectivity index (χ3v) is 5.57. The molecule has 26 heavy (non-hydrogen) atoms. The van der Waals surface area contributed by atoms with Crippen LogP contribution in [0.1, 0.15) is 34.8 Å². The maximum Gasteiger partial charge on any atom is 0.338 e. The lowest BCUT2D eigenvalue weighted by atomic mass is 10.1. The molecular formula is C21H23NO3S. The summed E-state index contributed by atoms with van der Waals surface area (Å²) >= 11 is 1.78. The molecule has 1 heterocycles. The van der Waals surface area contributed by atoms with Crippen LogP contribution in [-0.2, 0) is 9.53 Å². The van der Waals surface area contributed by atoms with Crippen molar-refractivity contribution in [3.63, 3.8) is 0 Å². The van der Waals surface area contributed by atoms with Crippen molar-refractivity contribution >= 4 is 29.3 Å². The third-order valence-electron chi connectivity index (χ3n) is 4.33. The second-order valence-corrected chi connectivity index (χ2v) is 8.16. The van der Waals surface area contributed by atoms with Crippen LogP contribution >= 0.6 is 11.8 Å². The Hall–Kier alpha value is -2.27. The summed E-state index contributed by atoms with van der Waals surface area (Å²) in [5.74, 6) is -0.652. The molecule has 0 saturated carbocycles. The van der Waals surface area contributed by atoms with Gasteiger partial charge < -0.3 is 9.64 Å². The number of esters is 1. The van der Waals surface area contributed by atoms with Crippen LogP contribution < -0.4 is 4.90 Å². The van der Waals surface area contributed by atoms with E-state index in [1.165, 1.54) is 0 Å². The zero-order chi connectivity index (χ0) is 18.7. The first-order chi connectivity index (χ1) is 12.4. The number of benzene rings is 2. The Labute approximate surface area is 158 Å². The lowest BCUT2D eigenvalue weighted by molar-refractivity contribution is -0.121. The molecule has 1 atom stereocenters. The molecule has 5 heteroatoms. The molecule has 0 aromatic heterocycles. The van der Waals surface area contributed by atoms with Gasteiger partial charge in [-0.2, -0.15) is 0 Å². The molecule has 1 aliphatic heterocycles. The lowest BCUT2D eigenvalue weighted by Gasteiger charge is -2.22. The summed E-state index contributed by atoms with van der Waals surface area (Å²) in [6.45, 7) is 6.41. The summed E-state index contributed by atoms with van der Waals surface area (Å²) < 4.78 is 5.30. The zero-order valence-corrected chi connectivity index (χ0v) is 16.1. The van der Waals surface area contributed by atoms with Crippen LogP contribution in [-0.4, -0.2) is 30.3 Å². The minimum Gasteiger partial charge on any atom is -0.452 e. The highest BCUT2D eigenvalue weighted by Gasteiger charge is 2.25. The van der Waals surface area contributed by atoms with E-state index in [0.29, 0.717) is 17.4 Å². The van der Waals surface area contributed by atoms with E-state index < -0.39 is 5.97 Å². The first-order valence-corrected chi connectivity index (χ1v) is 9.63. The first kappa shape index (κ1) is 18.5. The number of carbonyl (C=O) groups is 2. The van der Waals surface area contributed by atoms with E-state index >= 15 is 0 Å². The summed E-state index contributed by atoms with van der Waals surface area (Å²) in [6.07, 6.45) is 0.899. The number of nitrogens with zero attached hydrogens (tertiary/aromatic N) is 1. The Bertz CT molecular complexity index is 814. The molecule has 1 aliphatic rings. The van der Waals surface area contributed by atoms with Crippen LogP contribution in [0.25, 0.3) is 0 Å². The van der Waals surface area contributed by atoms with Gasteiger partial charge in [0.05, 0.1) is 11.3 Å². The highest BCUT2D eigenvalue weighted by atomic mass is 32.2. The quantitative estimate of drug-likeness (QED) is 0.754. The van der Waals surface area contributed by atoms with Crippen molar-refractivity contribution in [2.45, 2.75) is 37.3 Å². The molecule has 0 unspecified atom stereocenters. The van der Waals surface area contributed by atoms with Crippen molar-refractivity contribution in [2.24, 2.45) is 0 Å². The number of hydrogen-bond acceptors (Lipinski definition) is 4. The second-order valence-electron chi connectivity index (χ2n) is 6.68. The van der Waals surface area contributed by atoms with Crippen molar-refractivity contribution in [1.82, 2.24) is 0 Å². The molecule has 2 aromatic carbocycles. The van der Waals surface area contributed by atoms with Crippen molar-refractivity contribution in [3.8, 4) is 0 Å². The molecule has 1 amide bonds. The maximum absolute atomic E-state index is 12.7. The largest absolute Gasteiger partial charge is 0.452 e. The van der Waals surface area contributed by atoms with E-state index in [1.807, 2.05) is 44.2 Å². The van der Waals surface area contributed by atoms with Gasteiger partial charge in [0.2, 0.25) is 0 Å². The highest BCUT2D eigenvalue weighted by molar-refractivity contribution is 8.00. The molecular weight excluding hydrogens is 346 g/mol. The van der Waals surface area contributed by atoms with Gasteiger partial charge in [0.25, 0.3) is 5.91 Å². The van der Waals surface area contributed by atoms with Gasteiger partial charge in [-0.05, 0) is 44.5 Å². The van der Waals surface area contributed by atoms with E-state index in [0.717, 1.165) is 28.1 Å². The van der Waals surface area contributed by atoms with Gasteiger partial charge >= 0.3 is 5.97 Å². The van der Waals surface area contributed by atoms with Gasteiger partial charge in [-0.3, -0.25) is 4.79 Å². The second kappa shape index (κ2) is 7.96. The number of para-hydroxylation sites is 1. The molecule has 0 radical (unpaired) electrons. The molecule has 3 rings (SSSR count). The van der Waals surface area contributed by atoms with E-state index in [2.05, 4.69) is 6.92 Å². The van der Waals surface area contributed by atoms with E-state index in [-0.39, 0.29) is 12.5 Å². The van der Waals surface area contributed by atoms with Gasteiger partial charge in [0.1, 0.15) is 0 Å². The van der Waals surface area contributed by atoms with Crippen LogP contribution in [0.2, 0.25) is 0 Å². The van der Waals surface area contributed by atoms with Crippen molar-refractivity contribution in [2.75, 3.05) is 18.1 Å². The summed E-state index contributed by atoms with van der Waals surface area (Å²) in [7, 11) is 0. The summed E-state index contributed by atoms with van der Waals surface area (Å²) in [5, 5.41) is 0.437. The van der Waals surface area contributed by atoms with Gasteiger partial charge in [-0.15, -0.1) is 11.8 Å². The van der Waals surface area contributed by atoms with Gasteiger partial charge in [0.15, 0.2) is 6.61 Å². The number of hydrogen-bond donors (Lipinski definition) is 0. The van der Waals surface area contributed by atoms with Crippen LogP contribution in [0.5, 0.6) is 0 Å². The predicted octanol–water partition coefficient (Wildman–Crippen LogP) is 4.38. The maximum atomic E-state index is 12.7. The number of thioether (sulfide) groups is 1. The Morgan fingerprint density at radius 3 is 2.58 bits per heavy atom. The Morgan fingerprint density at radius 1 is 1.15 bits per heavy atom. The summed E-state index contributed by atoms with van der Waals surface area (Å²) in [6, 6.07) is 13.4. The molecule has 0 spiro atoms. The molecule has 4 nitrogen and oxygen atoms in total. The molecule has 0 aliphatic carbocycles. The summed E-state index contributed by atoms with van der Waals surface area (Å²) in [4.78, 5) is 27.9. The smallest absolute Gasteiger partial charge is 0.338 e. The van der Waals surface area contributed by atoms with Gasteiger partial charge in [0, 0.05) is 16.7 Å². The number of rotatable bonds is 3. The Kier molecular flexibility index (Phi) is 5.67. The molecule has 0 bridgehead atoms. The SMILES string of the molecule is Cc1cc(C)cc(C(=O)OCC(=O)N2CC[C@H](C)Sc3ccccc32)c1. The molecule has 136 valence electrons. The van der Waals surface area contributed by atoms with Crippen LogP contribution in [0.15, 0.2) is 47.4 Å². The number of ether oxygens (including phenoxy) is 1. The standard InChI is InChI=1S/C21H23NO3S/c1-14-10-15(2)12-17(11-14)21(24)25-13-20(23)22-9-8-16(3)26-19-7-5-4-6-18(19)22/h4-7,10-12,16H,8-9,13H2,1-3H3/t16-/m0/s1. The monoisotopic (exact) mass is 369 g/mol. The number of fused-ring (bicyclic) bond motifs is 1. The van der Waals surface area contributed by atoms with Crippen LogP contribution in [0.4, 0.5) is 5.69 Å². The van der Waals surface area contributed by atoms with Crippen LogP contribution in [0.3, 0.4) is 0 Å². The minimum atomic E-state index is -0.462. The lowest BCUT2D eigenvalue weighted by Crippen LogP contribution is -2.35. The summed E-state index contributed by atoms with van der Waals surface area (Å²) in [5.41, 5.74) is 3.37. The first-order valence-electron chi connectivity index (χ1n) is 8.75. The average Bonchev–Trinajstić information content (AvgIpc) is 2.76. The van der Waals surface area contributed by atoms with Gasteiger partial charge in [-0.1, -0.05) is 36.2 Å².